The van der Waals surface area contributed by atoms with Crippen molar-refractivity contribution in [2.24, 2.45) is 0 Å². The van der Waals surface area contributed by atoms with Gasteiger partial charge in [0.2, 0.25) is 11.8 Å². The van der Waals surface area contributed by atoms with E-state index in [1.54, 1.807) is 24.4 Å². The fraction of sp³-hybridized carbons (Fsp3) is 0.233. The molecule has 9 heteroatoms. The van der Waals surface area contributed by atoms with Crippen LogP contribution in [0, 0.1) is 5.82 Å². The molecule has 2 amide bonds. The molecule has 1 atom stereocenters. The van der Waals surface area contributed by atoms with Crippen molar-refractivity contribution in [1.29, 1.82) is 0 Å². The summed E-state index contributed by atoms with van der Waals surface area (Å²) in [6.45, 7) is 5.61. The van der Waals surface area contributed by atoms with Crippen molar-refractivity contribution in [3.8, 4) is 0 Å². The maximum Gasteiger partial charge on any atom is 0.249 e. The van der Waals surface area contributed by atoms with Crippen molar-refractivity contribution in [3.63, 3.8) is 0 Å². The molecule has 0 aliphatic carbocycles. The minimum Gasteiger partial charge on any atom is -0.349 e. The van der Waals surface area contributed by atoms with E-state index in [1.807, 2.05) is 63.2 Å². The maximum atomic E-state index is 14.5. The molecule has 198 valence electrons. The Morgan fingerprint density at radius 3 is 2.62 bits per heavy atom. The molecule has 2 aromatic heterocycles. The molecule has 0 aliphatic heterocycles. The van der Waals surface area contributed by atoms with Crippen LogP contribution < -0.4 is 10.2 Å². The van der Waals surface area contributed by atoms with E-state index in [2.05, 4.69) is 20.6 Å². The number of anilines is 1. The number of pyridine rings is 1. The molecule has 2 heterocycles. The lowest BCUT2D eigenvalue weighted by atomic mass is 9.97. The van der Waals surface area contributed by atoms with Crippen molar-refractivity contribution >= 4 is 39.4 Å². The van der Waals surface area contributed by atoms with E-state index < -0.39 is 23.3 Å². The molecule has 0 spiro atoms. The van der Waals surface area contributed by atoms with Crippen LogP contribution in [0.2, 0.25) is 0 Å². The van der Waals surface area contributed by atoms with Crippen molar-refractivity contribution in [3.05, 3.63) is 96.4 Å². The van der Waals surface area contributed by atoms with Crippen LogP contribution in [0.3, 0.4) is 0 Å². The van der Waals surface area contributed by atoms with Gasteiger partial charge < -0.3 is 5.32 Å². The fourth-order valence-electron chi connectivity index (χ4n) is 4.47. The molecule has 39 heavy (non-hydrogen) atoms. The van der Waals surface area contributed by atoms with Gasteiger partial charge in [0.1, 0.15) is 23.9 Å². The van der Waals surface area contributed by atoms with Crippen molar-refractivity contribution in [1.82, 2.24) is 25.3 Å². The van der Waals surface area contributed by atoms with Gasteiger partial charge in [-0.1, -0.05) is 42.5 Å². The highest BCUT2D eigenvalue weighted by Crippen LogP contribution is 2.31. The van der Waals surface area contributed by atoms with Crippen LogP contribution in [0.4, 0.5) is 10.1 Å². The first-order valence-corrected chi connectivity index (χ1v) is 12.8. The van der Waals surface area contributed by atoms with E-state index >= 15 is 0 Å². The van der Waals surface area contributed by atoms with Gasteiger partial charge in [-0.25, -0.2) is 9.07 Å². The van der Waals surface area contributed by atoms with Gasteiger partial charge >= 0.3 is 0 Å². The Labute approximate surface area is 225 Å². The predicted octanol–water partition coefficient (Wildman–Crippen LogP) is 5.20. The van der Waals surface area contributed by atoms with Gasteiger partial charge in [-0.15, -0.1) is 5.10 Å². The summed E-state index contributed by atoms with van der Waals surface area (Å²) in [6.07, 6.45) is 2.37. The van der Waals surface area contributed by atoms with E-state index in [0.29, 0.717) is 23.0 Å². The smallest absolute Gasteiger partial charge is 0.249 e. The molecule has 8 nitrogen and oxygen atoms in total. The van der Waals surface area contributed by atoms with Crippen LogP contribution in [0.1, 0.15) is 38.8 Å². The van der Waals surface area contributed by atoms with Crippen LogP contribution in [-0.4, -0.2) is 37.3 Å². The number of nitrogens with one attached hydrogen (secondary N) is 1. The highest BCUT2D eigenvalue weighted by molar-refractivity contribution is 6.02. The summed E-state index contributed by atoms with van der Waals surface area (Å²) in [5, 5.41) is 12.2. The molecule has 0 radical (unpaired) electrons. The lowest BCUT2D eigenvalue weighted by molar-refractivity contribution is -0.128. The average molecular weight is 525 g/mol. The largest absolute Gasteiger partial charge is 0.349 e. The van der Waals surface area contributed by atoms with E-state index in [-0.39, 0.29) is 18.1 Å². The van der Waals surface area contributed by atoms with Crippen LogP contribution in [0.5, 0.6) is 0 Å². The van der Waals surface area contributed by atoms with Crippen LogP contribution in [0.25, 0.3) is 21.9 Å². The topological polar surface area (TPSA) is 93.0 Å². The van der Waals surface area contributed by atoms with Gasteiger partial charge in [0.05, 0.1) is 11.0 Å². The second kappa shape index (κ2) is 10.6. The summed E-state index contributed by atoms with van der Waals surface area (Å²) in [5.74, 6) is -1.35. The minimum absolute atomic E-state index is 0.201. The maximum absolute atomic E-state index is 14.5. The third kappa shape index (κ3) is 5.47. The molecule has 0 unspecified atom stereocenters. The Morgan fingerprint density at radius 1 is 1.00 bits per heavy atom. The van der Waals surface area contributed by atoms with Crippen molar-refractivity contribution < 1.29 is 14.0 Å². The summed E-state index contributed by atoms with van der Waals surface area (Å²) in [4.78, 5) is 33.9. The molecular formula is C30H29FN6O2. The average Bonchev–Trinajstić information content (AvgIpc) is 3.33. The molecule has 5 rings (SSSR count). The number of para-hydroxylation sites is 1. The third-order valence-corrected chi connectivity index (χ3v) is 6.86. The number of hydrogen-bond donors (Lipinski definition) is 1. The summed E-state index contributed by atoms with van der Waals surface area (Å²) < 4.78 is 16.0. The SMILES string of the molecule is CCC(C)(C)NC(=O)[C@H](c1ccc2ncccc2c1)N(C(=O)Cn1nnc2ccccc21)c1cccc(F)c1. The Morgan fingerprint density at radius 2 is 1.82 bits per heavy atom. The zero-order chi connectivity index (χ0) is 27.6. The Balaban J connectivity index is 1.65. The number of aromatic nitrogens is 4. The highest BCUT2D eigenvalue weighted by atomic mass is 19.1. The fourth-order valence-corrected chi connectivity index (χ4v) is 4.47. The number of fused-ring (bicyclic) bond motifs is 2. The first-order valence-electron chi connectivity index (χ1n) is 12.8. The first kappa shape index (κ1) is 26.0. The number of hydrogen-bond acceptors (Lipinski definition) is 5. The van der Waals surface area contributed by atoms with Gasteiger partial charge in [-0.05, 0) is 74.4 Å². The van der Waals surface area contributed by atoms with Gasteiger partial charge in [0, 0.05) is 22.8 Å². The molecule has 0 bridgehead atoms. The first-order chi connectivity index (χ1) is 18.8. The summed E-state index contributed by atoms with van der Waals surface area (Å²) in [5.41, 5.74) is 2.36. The molecular weight excluding hydrogens is 495 g/mol. The van der Waals surface area contributed by atoms with Crippen LogP contribution in [0.15, 0.2) is 85.1 Å². The van der Waals surface area contributed by atoms with Gasteiger partial charge in [0.15, 0.2) is 0 Å². The lowest BCUT2D eigenvalue weighted by Crippen LogP contribution is -2.51. The molecule has 3 aromatic carbocycles. The van der Waals surface area contributed by atoms with E-state index in [1.165, 1.54) is 27.8 Å². The molecule has 0 aliphatic rings. The molecule has 5 aromatic rings. The highest BCUT2D eigenvalue weighted by Gasteiger charge is 2.35. The number of halogens is 1. The van der Waals surface area contributed by atoms with Crippen molar-refractivity contribution in [2.75, 3.05) is 4.90 Å². The number of amides is 2. The summed E-state index contributed by atoms with van der Waals surface area (Å²) in [7, 11) is 0. The third-order valence-electron chi connectivity index (χ3n) is 6.86. The standard InChI is InChI=1S/C30H29FN6O2/c1-4-30(2,3)33-29(39)28(21-14-15-24-20(17-21)9-8-16-32-24)37(23-11-7-10-22(31)18-23)27(38)19-36-26-13-6-5-12-25(26)34-35-36/h5-18,28H,4,19H2,1-3H3,(H,33,39)/t28-/m0/s1. The normalized spacial score (nSPS) is 12.4. The summed E-state index contributed by atoms with van der Waals surface area (Å²) in [6, 6.07) is 21.0. The number of rotatable bonds is 8. The van der Waals surface area contributed by atoms with Gasteiger partial charge in [-0.3, -0.25) is 19.5 Å². The minimum atomic E-state index is -1.09. The number of carbonyl (C=O) groups excluding carboxylic acids is 2. The molecule has 0 fully saturated rings. The van der Waals surface area contributed by atoms with E-state index in [0.717, 1.165) is 10.9 Å². The Kier molecular flexibility index (Phi) is 7.06. The zero-order valence-electron chi connectivity index (χ0n) is 22.0. The summed E-state index contributed by atoms with van der Waals surface area (Å²) >= 11 is 0. The Hall–Kier alpha value is -4.66. The quantitative estimate of drug-likeness (QED) is 0.301. The van der Waals surface area contributed by atoms with Gasteiger partial charge in [0.25, 0.3) is 0 Å². The second-order valence-corrected chi connectivity index (χ2v) is 10.1. The predicted molar refractivity (Wildman–Crippen MR) is 148 cm³/mol. The second-order valence-electron chi connectivity index (χ2n) is 10.1. The Bertz CT molecular complexity index is 1660. The molecule has 1 N–H and O–H groups in total. The van der Waals surface area contributed by atoms with Crippen molar-refractivity contribution in [2.45, 2.75) is 45.3 Å². The van der Waals surface area contributed by atoms with E-state index in [9.17, 15) is 14.0 Å². The monoisotopic (exact) mass is 524 g/mol. The van der Waals surface area contributed by atoms with Gasteiger partial charge in [-0.2, -0.15) is 0 Å². The number of benzene rings is 3. The zero-order valence-corrected chi connectivity index (χ0v) is 22.0. The number of carbonyl (C=O) groups is 2. The van der Waals surface area contributed by atoms with Crippen LogP contribution >= 0.6 is 0 Å². The molecule has 0 saturated heterocycles. The van der Waals surface area contributed by atoms with Crippen LogP contribution in [-0.2, 0) is 16.1 Å². The van der Waals surface area contributed by atoms with E-state index in [4.69, 9.17) is 0 Å². The molecule has 0 saturated carbocycles. The lowest BCUT2D eigenvalue weighted by Gasteiger charge is -2.34. The number of nitrogens with zero attached hydrogens (tertiary/aromatic N) is 5.